The van der Waals surface area contributed by atoms with E-state index in [9.17, 15) is 9.18 Å². The van der Waals surface area contributed by atoms with Crippen LogP contribution in [0.4, 0.5) is 4.39 Å². The molecular formula is C15H22FNO2S. The molecule has 5 heteroatoms. The Balaban J connectivity index is 3.05. The molecule has 112 valence electrons. The Morgan fingerprint density at radius 2 is 2.05 bits per heavy atom. The summed E-state index contributed by atoms with van der Waals surface area (Å²) in [5.74, 6) is -0.815. The van der Waals surface area contributed by atoms with E-state index in [4.69, 9.17) is 4.74 Å². The Labute approximate surface area is 125 Å². The maximum atomic E-state index is 13.9. The second-order valence-corrected chi connectivity index (χ2v) is 5.14. The number of carbonyl (C=O) groups excluding carboxylic acids is 1. The van der Waals surface area contributed by atoms with Gasteiger partial charge in [-0.25, -0.2) is 4.39 Å². The maximum Gasteiger partial charge on any atom is 0.257 e. The van der Waals surface area contributed by atoms with Crippen molar-refractivity contribution in [2.45, 2.75) is 37.6 Å². The molecule has 3 nitrogen and oxygen atoms in total. The van der Waals surface area contributed by atoms with Crippen LogP contribution in [-0.2, 0) is 4.74 Å². The molecule has 1 aromatic carbocycles. The number of amides is 1. The fraction of sp³-hybridized carbons (Fsp3) is 0.533. The SMILES string of the molecule is CCC(CC)N(CCOC)C(=O)c1cc(S)ccc1F. The molecule has 0 spiro atoms. The maximum absolute atomic E-state index is 13.9. The van der Waals surface area contributed by atoms with Crippen molar-refractivity contribution in [2.24, 2.45) is 0 Å². The molecule has 0 atom stereocenters. The van der Waals surface area contributed by atoms with Gasteiger partial charge >= 0.3 is 0 Å². The van der Waals surface area contributed by atoms with E-state index >= 15 is 0 Å². The summed E-state index contributed by atoms with van der Waals surface area (Å²) in [7, 11) is 1.59. The van der Waals surface area contributed by atoms with Gasteiger partial charge in [-0.15, -0.1) is 12.6 Å². The van der Waals surface area contributed by atoms with Crippen molar-refractivity contribution in [1.82, 2.24) is 4.90 Å². The van der Waals surface area contributed by atoms with Crippen molar-refractivity contribution >= 4 is 18.5 Å². The van der Waals surface area contributed by atoms with Gasteiger partial charge in [-0.1, -0.05) is 13.8 Å². The fourth-order valence-corrected chi connectivity index (χ4v) is 2.40. The van der Waals surface area contributed by atoms with Crippen LogP contribution in [0.1, 0.15) is 37.0 Å². The lowest BCUT2D eigenvalue weighted by molar-refractivity contribution is 0.0584. The predicted octanol–water partition coefficient (Wildman–Crippen LogP) is 3.39. The standard InChI is InChI=1S/C15H22FNO2S/c1-4-11(5-2)17(8-9-19-3)15(18)13-10-12(20)6-7-14(13)16/h6-7,10-11,20H,4-5,8-9H2,1-3H3. The number of hydrogen-bond donors (Lipinski definition) is 1. The second kappa shape index (κ2) is 8.27. The van der Waals surface area contributed by atoms with E-state index in [0.717, 1.165) is 12.8 Å². The smallest absolute Gasteiger partial charge is 0.257 e. The number of thiol groups is 1. The summed E-state index contributed by atoms with van der Waals surface area (Å²) in [5.41, 5.74) is 0.0699. The van der Waals surface area contributed by atoms with Gasteiger partial charge in [0.05, 0.1) is 12.2 Å². The molecule has 0 heterocycles. The van der Waals surface area contributed by atoms with Crippen LogP contribution in [0, 0.1) is 5.82 Å². The van der Waals surface area contributed by atoms with Gasteiger partial charge in [0.15, 0.2) is 0 Å². The number of halogens is 1. The molecule has 0 N–H and O–H groups in total. The third-order valence-corrected chi connectivity index (χ3v) is 3.64. The predicted molar refractivity (Wildman–Crippen MR) is 80.9 cm³/mol. The van der Waals surface area contributed by atoms with E-state index in [1.54, 1.807) is 12.0 Å². The van der Waals surface area contributed by atoms with Gasteiger partial charge in [-0.2, -0.15) is 0 Å². The zero-order chi connectivity index (χ0) is 15.1. The lowest BCUT2D eigenvalue weighted by Crippen LogP contribution is -2.42. The Bertz CT molecular complexity index is 449. The van der Waals surface area contributed by atoms with Gasteiger partial charge < -0.3 is 9.64 Å². The van der Waals surface area contributed by atoms with E-state index in [1.807, 2.05) is 13.8 Å². The van der Waals surface area contributed by atoms with Crippen LogP contribution in [0.5, 0.6) is 0 Å². The van der Waals surface area contributed by atoms with Gasteiger partial charge in [-0.05, 0) is 31.0 Å². The molecule has 0 saturated carbocycles. The van der Waals surface area contributed by atoms with Crippen LogP contribution in [0.2, 0.25) is 0 Å². The highest BCUT2D eigenvalue weighted by molar-refractivity contribution is 7.80. The minimum Gasteiger partial charge on any atom is -0.383 e. The summed E-state index contributed by atoms with van der Waals surface area (Å²) < 4.78 is 18.9. The topological polar surface area (TPSA) is 29.5 Å². The summed E-state index contributed by atoms with van der Waals surface area (Å²) in [4.78, 5) is 14.8. The number of nitrogens with zero attached hydrogens (tertiary/aromatic N) is 1. The number of ether oxygens (including phenoxy) is 1. The lowest BCUT2D eigenvalue weighted by atomic mass is 10.1. The third-order valence-electron chi connectivity index (χ3n) is 3.36. The minimum absolute atomic E-state index is 0.0699. The molecule has 0 aromatic heterocycles. The van der Waals surface area contributed by atoms with E-state index in [0.29, 0.717) is 18.0 Å². The van der Waals surface area contributed by atoms with Crippen LogP contribution in [0.15, 0.2) is 23.1 Å². The average Bonchev–Trinajstić information content (AvgIpc) is 2.45. The van der Waals surface area contributed by atoms with E-state index in [-0.39, 0.29) is 17.5 Å². The van der Waals surface area contributed by atoms with Crippen molar-refractivity contribution < 1.29 is 13.9 Å². The molecule has 0 unspecified atom stereocenters. The normalized spacial score (nSPS) is 10.9. The molecule has 0 aliphatic carbocycles. The van der Waals surface area contributed by atoms with Gasteiger partial charge in [-0.3, -0.25) is 4.79 Å². The summed E-state index contributed by atoms with van der Waals surface area (Å²) in [6, 6.07) is 4.37. The highest BCUT2D eigenvalue weighted by Gasteiger charge is 2.24. The summed E-state index contributed by atoms with van der Waals surface area (Å²) in [5, 5.41) is 0. The average molecular weight is 299 g/mol. The number of benzene rings is 1. The highest BCUT2D eigenvalue weighted by Crippen LogP contribution is 2.19. The molecule has 1 aromatic rings. The van der Waals surface area contributed by atoms with Crippen molar-refractivity contribution in [3.63, 3.8) is 0 Å². The van der Waals surface area contributed by atoms with E-state index in [1.165, 1.54) is 18.2 Å². The molecule has 1 amide bonds. The first-order valence-electron chi connectivity index (χ1n) is 6.83. The minimum atomic E-state index is -0.513. The Kier molecular flexibility index (Phi) is 7.02. The van der Waals surface area contributed by atoms with Crippen LogP contribution in [0.25, 0.3) is 0 Å². The van der Waals surface area contributed by atoms with Crippen molar-refractivity contribution in [1.29, 1.82) is 0 Å². The molecule has 0 aliphatic heterocycles. The van der Waals surface area contributed by atoms with Gasteiger partial charge in [0.2, 0.25) is 0 Å². The van der Waals surface area contributed by atoms with E-state index in [2.05, 4.69) is 12.6 Å². The summed E-state index contributed by atoms with van der Waals surface area (Å²) in [6.45, 7) is 4.93. The molecule has 20 heavy (non-hydrogen) atoms. The number of carbonyl (C=O) groups is 1. The van der Waals surface area contributed by atoms with Crippen molar-refractivity contribution in [2.75, 3.05) is 20.3 Å². The molecule has 0 fully saturated rings. The Morgan fingerprint density at radius 3 is 2.60 bits per heavy atom. The van der Waals surface area contributed by atoms with Gasteiger partial charge in [0.1, 0.15) is 5.82 Å². The summed E-state index contributed by atoms with van der Waals surface area (Å²) >= 11 is 4.17. The molecule has 0 radical (unpaired) electrons. The lowest BCUT2D eigenvalue weighted by Gasteiger charge is -2.30. The van der Waals surface area contributed by atoms with Crippen LogP contribution in [-0.4, -0.2) is 37.1 Å². The largest absolute Gasteiger partial charge is 0.383 e. The van der Waals surface area contributed by atoms with Crippen LogP contribution < -0.4 is 0 Å². The first kappa shape index (κ1) is 17.0. The van der Waals surface area contributed by atoms with E-state index < -0.39 is 5.82 Å². The van der Waals surface area contributed by atoms with Crippen molar-refractivity contribution in [3.05, 3.63) is 29.6 Å². The van der Waals surface area contributed by atoms with Crippen molar-refractivity contribution in [3.8, 4) is 0 Å². The van der Waals surface area contributed by atoms with Gasteiger partial charge in [0.25, 0.3) is 5.91 Å². The third kappa shape index (κ3) is 4.21. The zero-order valence-electron chi connectivity index (χ0n) is 12.2. The quantitative estimate of drug-likeness (QED) is 0.782. The molecule has 0 saturated heterocycles. The molecular weight excluding hydrogens is 277 g/mol. The van der Waals surface area contributed by atoms with Crippen LogP contribution in [0.3, 0.4) is 0 Å². The summed E-state index contributed by atoms with van der Waals surface area (Å²) in [6.07, 6.45) is 1.66. The van der Waals surface area contributed by atoms with Crippen LogP contribution >= 0.6 is 12.6 Å². The Morgan fingerprint density at radius 1 is 1.40 bits per heavy atom. The molecule has 0 bridgehead atoms. The molecule has 1 rings (SSSR count). The number of hydrogen-bond acceptors (Lipinski definition) is 3. The van der Waals surface area contributed by atoms with Gasteiger partial charge in [0, 0.05) is 24.6 Å². The second-order valence-electron chi connectivity index (χ2n) is 4.63. The first-order chi connectivity index (χ1) is 9.54. The monoisotopic (exact) mass is 299 g/mol. The number of methoxy groups -OCH3 is 1. The Hall–Kier alpha value is -1.07. The fourth-order valence-electron chi connectivity index (χ4n) is 2.20. The highest BCUT2D eigenvalue weighted by atomic mass is 32.1. The first-order valence-corrected chi connectivity index (χ1v) is 7.28. The zero-order valence-corrected chi connectivity index (χ0v) is 13.1. The molecule has 0 aliphatic rings. The number of rotatable bonds is 7.